The first kappa shape index (κ1) is 29.1. The van der Waals surface area contributed by atoms with E-state index in [0.717, 1.165) is 71.6 Å². The number of nitrogens with one attached hydrogen (secondary N) is 1. The summed E-state index contributed by atoms with van der Waals surface area (Å²) in [6.07, 6.45) is 17.3. The Morgan fingerprint density at radius 1 is 1.02 bits per heavy atom. The number of carbonyl (C=O) groups is 2. The topological polar surface area (TPSA) is 94.7 Å². The minimum Gasteiger partial charge on any atom is -0.342 e. The van der Waals surface area contributed by atoms with Crippen LogP contribution in [0, 0.1) is 0 Å². The maximum Gasteiger partial charge on any atom is 0.252 e. The van der Waals surface area contributed by atoms with E-state index >= 15 is 0 Å². The van der Waals surface area contributed by atoms with Gasteiger partial charge >= 0.3 is 0 Å². The summed E-state index contributed by atoms with van der Waals surface area (Å²) in [6, 6.07) is 12.2. The first-order valence-corrected chi connectivity index (χ1v) is 16.3. The maximum atomic E-state index is 14.1. The van der Waals surface area contributed by atoms with E-state index in [-0.39, 0.29) is 11.7 Å². The molecule has 1 N–H and O–H groups in total. The molecule has 0 unspecified atom stereocenters. The van der Waals surface area contributed by atoms with Gasteiger partial charge < -0.3 is 14.5 Å². The van der Waals surface area contributed by atoms with Crippen molar-refractivity contribution in [3.63, 3.8) is 0 Å². The lowest BCUT2D eigenvalue weighted by Gasteiger charge is -2.30. The molecule has 0 spiro atoms. The minimum atomic E-state index is -0.551. The van der Waals surface area contributed by atoms with Gasteiger partial charge in [-0.3, -0.25) is 19.6 Å². The average molecular weight is 601 g/mol. The van der Waals surface area contributed by atoms with Gasteiger partial charge in [-0.1, -0.05) is 43.9 Å². The molecule has 5 aromatic rings. The summed E-state index contributed by atoms with van der Waals surface area (Å²) < 4.78 is 4.43. The number of aromatic nitrogens is 5. The number of amides is 1. The van der Waals surface area contributed by atoms with Crippen LogP contribution in [0.25, 0.3) is 39.4 Å². The molecule has 2 fully saturated rings. The Kier molecular flexibility index (Phi) is 7.59. The molecular weight excluding hydrogens is 560 g/mol. The Morgan fingerprint density at radius 3 is 2.53 bits per heavy atom. The molecule has 45 heavy (non-hydrogen) atoms. The number of nitrogens with zero attached hydrogens (tertiary/aromatic N) is 5. The number of ketones is 1. The Hall–Kier alpha value is -4.59. The van der Waals surface area contributed by atoms with Gasteiger partial charge in [-0.15, -0.1) is 0 Å². The summed E-state index contributed by atoms with van der Waals surface area (Å²) in [4.78, 5) is 39.8. The second kappa shape index (κ2) is 11.7. The van der Waals surface area contributed by atoms with E-state index in [1.165, 1.54) is 36.6 Å². The second-order valence-electron chi connectivity index (χ2n) is 12.7. The Bertz CT molecular complexity index is 1940. The zero-order valence-corrected chi connectivity index (χ0v) is 26.3. The van der Waals surface area contributed by atoms with Gasteiger partial charge in [-0.2, -0.15) is 0 Å². The molecule has 0 bridgehead atoms. The highest BCUT2D eigenvalue weighted by Crippen LogP contribution is 2.44. The van der Waals surface area contributed by atoms with Crippen molar-refractivity contribution in [1.29, 1.82) is 0 Å². The van der Waals surface area contributed by atoms with Crippen molar-refractivity contribution in [2.24, 2.45) is 7.05 Å². The molecule has 0 aliphatic heterocycles. The molecular formula is C37H40N6O2. The first-order valence-electron chi connectivity index (χ1n) is 16.3. The predicted molar refractivity (Wildman–Crippen MR) is 178 cm³/mol. The summed E-state index contributed by atoms with van der Waals surface area (Å²) in [5, 5.41) is 4.69. The highest BCUT2D eigenvalue weighted by Gasteiger charge is 2.41. The molecule has 3 aromatic heterocycles. The summed E-state index contributed by atoms with van der Waals surface area (Å²) in [6.45, 7) is 4.40. The molecule has 2 aliphatic carbocycles. The van der Waals surface area contributed by atoms with Crippen molar-refractivity contribution < 1.29 is 9.59 Å². The molecule has 7 rings (SSSR count). The smallest absolute Gasteiger partial charge is 0.252 e. The van der Waals surface area contributed by atoms with Gasteiger partial charge in [0.15, 0.2) is 5.78 Å². The summed E-state index contributed by atoms with van der Waals surface area (Å²) >= 11 is 0. The number of rotatable bonds is 8. The van der Waals surface area contributed by atoms with Crippen LogP contribution in [0.4, 0.5) is 0 Å². The summed E-state index contributed by atoms with van der Waals surface area (Å²) in [5.41, 5.74) is 7.30. The van der Waals surface area contributed by atoms with Gasteiger partial charge in [0, 0.05) is 42.5 Å². The van der Waals surface area contributed by atoms with Crippen molar-refractivity contribution in [2.75, 3.05) is 0 Å². The molecule has 230 valence electrons. The number of hydrogen-bond acceptors (Lipinski definition) is 5. The number of allylic oxidation sites excluding steroid dienone is 1. The quantitative estimate of drug-likeness (QED) is 0.187. The Morgan fingerprint density at radius 2 is 1.82 bits per heavy atom. The van der Waals surface area contributed by atoms with E-state index in [4.69, 9.17) is 4.98 Å². The van der Waals surface area contributed by atoms with Gasteiger partial charge in [-0.25, -0.2) is 4.98 Å². The lowest BCUT2D eigenvalue weighted by atomic mass is 9.92. The molecule has 0 radical (unpaired) electrons. The fourth-order valence-electron chi connectivity index (χ4n) is 7.78. The normalized spacial score (nSPS) is 16.8. The number of benzene rings is 2. The number of aryl methyl sites for hydroxylation is 2. The third-order valence-electron chi connectivity index (χ3n) is 9.91. The molecule has 8 heteroatoms. The molecule has 0 saturated heterocycles. The largest absolute Gasteiger partial charge is 0.342 e. The van der Waals surface area contributed by atoms with Crippen LogP contribution in [0.5, 0.6) is 0 Å². The summed E-state index contributed by atoms with van der Waals surface area (Å²) in [7, 11) is 2.08. The molecule has 2 saturated carbocycles. The van der Waals surface area contributed by atoms with Crippen LogP contribution >= 0.6 is 0 Å². The highest BCUT2D eigenvalue weighted by molar-refractivity contribution is 6.01. The zero-order chi connectivity index (χ0) is 31.1. The van der Waals surface area contributed by atoms with Gasteiger partial charge in [0.05, 0.1) is 28.5 Å². The fourth-order valence-corrected chi connectivity index (χ4v) is 7.78. The van der Waals surface area contributed by atoms with Crippen molar-refractivity contribution in [2.45, 2.75) is 83.2 Å². The van der Waals surface area contributed by atoms with Crippen LogP contribution in [-0.4, -0.2) is 35.8 Å². The number of carbonyl (C=O) groups excluding carboxylic acids is 2. The molecule has 3 heterocycles. The van der Waals surface area contributed by atoms with Crippen LogP contribution in [-0.2, 0) is 23.9 Å². The fraction of sp³-hybridized carbons (Fsp3) is 0.378. The van der Waals surface area contributed by atoms with Crippen molar-refractivity contribution >= 4 is 39.7 Å². The Labute approximate surface area is 263 Å². The molecule has 1 amide bonds. The van der Waals surface area contributed by atoms with E-state index in [2.05, 4.69) is 50.5 Å². The van der Waals surface area contributed by atoms with Gasteiger partial charge in [0.2, 0.25) is 0 Å². The number of fused-ring (bicyclic) bond motifs is 2. The molecule has 8 nitrogen and oxygen atoms in total. The minimum absolute atomic E-state index is 0.0145. The van der Waals surface area contributed by atoms with E-state index < -0.39 is 5.54 Å². The lowest BCUT2D eigenvalue weighted by molar-refractivity contribution is -0.112. The van der Waals surface area contributed by atoms with Crippen molar-refractivity contribution in [3.05, 3.63) is 83.6 Å². The third-order valence-corrected chi connectivity index (χ3v) is 9.91. The van der Waals surface area contributed by atoms with Crippen LogP contribution in [0.3, 0.4) is 0 Å². The number of hydrogen-bond donors (Lipinski definition) is 1. The lowest BCUT2D eigenvalue weighted by Crippen LogP contribution is -2.45. The maximum absolute atomic E-state index is 14.1. The van der Waals surface area contributed by atoms with Crippen LogP contribution in [0.2, 0.25) is 0 Å². The molecule has 2 aliphatic rings. The summed E-state index contributed by atoms with van der Waals surface area (Å²) in [5.74, 6) is 1.32. The SMILES string of the molecule is CCn1c(C2(NC(=O)c3ccc4c(C5CCCC5)c(-c5cnccn5)n(C)c4c3)CCCC2)nc2ccc(/C=C/C(C)=O)cc21. The standard InChI is InChI=1S/C37H40N6O2/c1-4-43-32-21-25(12-11-24(2)44)13-16-29(32)40-36(43)37(17-7-8-18-37)41-35(45)27-14-15-28-31(22-27)42(3)34(30-23-38-19-20-39-30)33(28)26-9-5-6-10-26/h11-16,19-23,26H,4-10,17-18H2,1-3H3,(H,41,45)/b12-11+. The zero-order valence-electron chi connectivity index (χ0n) is 26.3. The highest BCUT2D eigenvalue weighted by atomic mass is 16.2. The average Bonchev–Trinajstić information content (AvgIpc) is 3.86. The van der Waals surface area contributed by atoms with Crippen molar-refractivity contribution in [1.82, 2.24) is 29.4 Å². The first-order chi connectivity index (χ1) is 21.9. The monoisotopic (exact) mass is 600 g/mol. The van der Waals surface area contributed by atoms with Gasteiger partial charge in [0.25, 0.3) is 5.91 Å². The van der Waals surface area contributed by atoms with E-state index in [1.807, 2.05) is 36.5 Å². The predicted octanol–water partition coefficient (Wildman–Crippen LogP) is 7.46. The van der Waals surface area contributed by atoms with E-state index in [0.29, 0.717) is 11.5 Å². The van der Waals surface area contributed by atoms with Crippen LogP contribution < -0.4 is 5.32 Å². The van der Waals surface area contributed by atoms with Crippen molar-refractivity contribution in [3.8, 4) is 11.4 Å². The van der Waals surface area contributed by atoms with Crippen LogP contribution in [0.1, 0.15) is 98.4 Å². The Balaban J connectivity index is 1.27. The second-order valence-corrected chi connectivity index (χ2v) is 12.7. The van der Waals surface area contributed by atoms with Gasteiger partial charge in [0.1, 0.15) is 11.5 Å². The number of imidazole rings is 1. The third kappa shape index (κ3) is 5.16. The molecule has 2 aromatic carbocycles. The molecule has 0 atom stereocenters. The van der Waals surface area contributed by atoms with E-state index in [9.17, 15) is 9.59 Å². The van der Waals surface area contributed by atoms with E-state index in [1.54, 1.807) is 25.4 Å². The van der Waals surface area contributed by atoms with Crippen LogP contribution in [0.15, 0.2) is 61.1 Å². The van der Waals surface area contributed by atoms with Gasteiger partial charge in [-0.05, 0) is 86.9 Å².